The number of amides is 1. The van der Waals surface area contributed by atoms with Crippen molar-refractivity contribution in [3.8, 4) is 5.75 Å². The monoisotopic (exact) mass is 469 g/mol. The van der Waals surface area contributed by atoms with Gasteiger partial charge in [0.2, 0.25) is 0 Å². The van der Waals surface area contributed by atoms with Crippen molar-refractivity contribution in [2.75, 3.05) is 0 Å². The summed E-state index contributed by atoms with van der Waals surface area (Å²) in [5.74, 6) is -0.737. The fourth-order valence-corrected chi connectivity index (χ4v) is 4.08. The van der Waals surface area contributed by atoms with E-state index in [-0.39, 0.29) is 16.4 Å². The van der Waals surface area contributed by atoms with E-state index in [1.54, 1.807) is 57.2 Å². The van der Waals surface area contributed by atoms with E-state index in [2.05, 4.69) is 5.32 Å². The Morgan fingerprint density at radius 2 is 1.79 bits per heavy atom. The molecule has 0 radical (unpaired) electrons. The molecule has 2 aromatic carbocycles. The summed E-state index contributed by atoms with van der Waals surface area (Å²) in [6.07, 6.45) is 1.56. The number of ether oxygens (including phenoxy) is 2. The molecular weight excluding hydrogens is 446 g/mol. The molecule has 0 spiro atoms. The Kier molecular flexibility index (Phi) is 6.17. The van der Waals surface area contributed by atoms with Crippen molar-refractivity contribution in [3.05, 3.63) is 74.6 Å². The lowest BCUT2D eigenvalue weighted by Gasteiger charge is -2.23. The first-order valence-corrected chi connectivity index (χ1v) is 11.0. The van der Waals surface area contributed by atoms with Gasteiger partial charge in [-0.3, -0.25) is 0 Å². The van der Waals surface area contributed by atoms with Gasteiger partial charge in [-0.25, -0.2) is 14.4 Å². The van der Waals surface area contributed by atoms with Crippen LogP contribution in [0.25, 0.3) is 11.0 Å². The van der Waals surface area contributed by atoms with E-state index in [4.69, 9.17) is 25.5 Å². The van der Waals surface area contributed by atoms with Gasteiger partial charge in [0, 0.05) is 17.0 Å². The van der Waals surface area contributed by atoms with Crippen LogP contribution in [0.4, 0.5) is 4.79 Å². The maximum Gasteiger partial charge on any atom is 0.408 e. The Hall–Kier alpha value is -3.32. The summed E-state index contributed by atoms with van der Waals surface area (Å²) in [4.78, 5) is 37.8. The fraction of sp³-hybridized carbons (Fsp3) is 0.320. The number of benzene rings is 2. The molecule has 7 nitrogen and oxygen atoms in total. The van der Waals surface area contributed by atoms with E-state index in [0.29, 0.717) is 23.1 Å². The third kappa shape index (κ3) is 5.03. The van der Waals surface area contributed by atoms with E-state index < -0.39 is 23.7 Å². The number of fused-ring (bicyclic) bond motifs is 3. The molecule has 1 amide bonds. The van der Waals surface area contributed by atoms with Crippen LogP contribution in [0.15, 0.2) is 51.7 Å². The highest BCUT2D eigenvalue weighted by molar-refractivity contribution is 6.33. The summed E-state index contributed by atoms with van der Waals surface area (Å²) in [5.41, 5.74) is 1.28. The normalized spacial score (nSPS) is 13.9. The van der Waals surface area contributed by atoms with E-state index >= 15 is 0 Å². The molecule has 1 unspecified atom stereocenters. The average Bonchev–Trinajstić information content (AvgIpc) is 3.23. The van der Waals surface area contributed by atoms with Crippen LogP contribution in [0.3, 0.4) is 0 Å². The van der Waals surface area contributed by atoms with Gasteiger partial charge < -0.3 is 19.2 Å². The number of carbonyl (C=O) groups is 2. The number of hydrogen-bond acceptors (Lipinski definition) is 6. The van der Waals surface area contributed by atoms with Gasteiger partial charge >= 0.3 is 17.7 Å². The van der Waals surface area contributed by atoms with Crippen LogP contribution in [-0.4, -0.2) is 17.7 Å². The minimum absolute atomic E-state index is 0.0298. The van der Waals surface area contributed by atoms with Gasteiger partial charge in [-0.05, 0) is 57.2 Å². The van der Waals surface area contributed by atoms with Crippen molar-refractivity contribution in [2.45, 2.75) is 51.7 Å². The lowest BCUT2D eigenvalue weighted by Crippen LogP contribution is -2.39. The Morgan fingerprint density at radius 3 is 2.48 bits per heavy atom. The molecule has 0 fully saturated rings. The van der Waals surface area contributed by atoms with E-state index in [1.807, 2.05) is 0 Å². The number of rotatable bonds is 4. The minimum Gasteiger partial charge on any atom is -0.444 e. The highest BCUT2D eigenvalue weighted by atomic mass is 35.5. The predicted molar refractivity (Wildman–Crippen MR) is 124 cm³/mol. The van der Waals surface area contributed by atoms with Gasteiger partial charge in [0.05, 0.1) is 5.02 Å². The molecule has 0 saturated heterocycles. The number of esters is 1. The molecule has 3 aromatic rings. The van der Waals surface area contributed by atoms with Crippen molar-refractivity contribution in [3.63, 3.8) is 0 Å². The smallest absolute Gasteiger partial charge is 0.408 e. The van der Waals surface area contributed by atoms with Gasteiger partial charge in [-0.15, -0.1) is 0 Å². The highest BCUT2D eigenvalue weighted by Gasteiger charge is 2.29. The molecular formula is C25H24ClNO6. The second-order valence-electron chi connectivity index (χ2n) is 8.89. The topological polar surface area (TPSA) is 94.8 Å². The van der Waals surface area contributed by atoms with E-state index in [1.165, 1.54) is 6.07 Å². The zero-order valence-electron chi connectivity index (χ0n) is 18.6. The quantitative estimate of drug-likeness (QED) is 0.324. The number of alkyl carbamates (subject to hydrolysis) is 1. The summed E-state index contributed by atoms with van der Waals surface area (Å²) < 4.78 is 16.3. The van der Waals surface area contributed by atoms with Crippen LogP contribution >= 0.6 is 11.6 Å². The summed E-state index contributed by atoms with van der Waals surface area (Å²) in [7, 11) is 0. The molecule has 4 rings (SSSR count). The van der Waals surface area contributed by atoms with Crippen LogP contribution in [0, 0.1) is 0 Å². The van der Waals surface area contributed by atoms with Gasteiger partial charge in [0.15, 0.2) is 11.8 Å². The average molecular weight is 470 g/mol. The molecule has 1 heterocycles. The summed E-state index contributed by atoms with van der Waals surface area (Å²) in [6, 6.07) is 10.6. The zero-order chi connectivity index (χ0) is 23.8. The van der Waals surface area contributed by atoms with Crippen molar-refractivity contribution in [1.29, 1.82) is 0 Å². The number of nitrogens with one attached hydrogen (secondary N) is 1. The molecule has 172 valence electrons. The van der Waals surface area contributed by atoms with Gasteiger partial charge in [-0.1, -0.05) is 41.9 Å². The lowest BCUT2D eigenvalue weighted by molar-refractivity contribution is -0.137. The number of hydrogen-bond donors (Lipinski definition) is 1. The van der Waals surface area contributed by atoms with Crippen LogP contribution < -0.4 is 15.7 Å². The summed E-state index contributed by atoms with van der Waals surface area (Å²) in [6.45, 7) is 5.17. The Bertz CT molecular complexity index is 1280. The number of carbonyl (C=O) groups excluding carboxylic acids is 2. The Morgan fingerprint density at radius 1 is 1.09 bits per heavy atom. The van der Waals surface area contributed by atoms with Gasteiger partial charge in [0.25, 0.3) is 0 Å². The zero-order valence-corrected chi connectivity index (χ0v) is 19.3. The molecule has 0 aliphatic heterocycles. The van der Waals surface area contributed by atoms with Gasteiger partial charge in [-0.2, -0.15) is 0 Å². The summed E-state index contributed by atoms with van der Waals surface area (Å²) in [5, 5.41) is 3.49. The maximum atomic E-state index is 13.1. The molecule has 0 bridgehead atoms. The first kappa shape index (κ1) is 22.9. The number of aryl methyl sites for hydroxylation is 1. The molecule has 1 aliphatic carbocycles. The maximum absolute atomic E-state index is 13.1. The van der Waals surface area contributed by atoms with Crippen molar-refractivity contribution in [1.82, 2.24) is 5.32 Å². The van der Waals surface area contributed by atoms with Crippen LogP contribution in [0.5, 0.6) is 5.75 Å². The van der Waals surface area contributed by atoms with Crippen molar-refractivity contribution in [2.24, 2.45) is 0 Å². The van der Waals surface area contributed by atoms with Crippen LogP contribution in [0.1, 0.15) is 49.9 Å². The molecule has 1 N–H and O–H groups in total. The van der Waals surface area contributed by atoms with Crippen LogP contribution in [0.2, 0.25) is 5.02 Å². The predicted octanol–water partition coefficient (Wildman–Crippen LogP) is 5.11. The molecule has 1 aromatic heterocycles. The Balaban J connectivity index is 1.65. The second kappa shape index (κ2) is 8.90. The van der Waals surface area contributed by atoms with Crippen molar-refractivity contribution < 1.29 is 23.5 Å². The lowest BCUT2D eigenvalue weighted by atomic mass is 10.1. The summed E-state index contributed by atoms with van der Waals surface area (Å²) >= 11 is 6.42. The third-order valence-corrected chi connectivity index (χ3v) is 5.56. The van der Waals surface area contributed by atoms with Crippen LogP contribution in [-0.2, 0) is 22.4 Å². The molecule has 1 atom stereocenters. The molecule has 33 heavy (non-hydrogen) atoms. The fourth-order valence-electron chi connectivity index (χ4n) is 3.88. The standard InChI is InChI=1S/C25H24ClNO6/c1-25(2,3)33-24(30)27-21(14-8-5-4-6-9-14)23(29)32-20-13-19-17(12-18(20)26)15-10-7-11-16(15)22(28)31-19/h4-6,8-9,12-13,21H,7,10-11H2,1-3H3,(H,27,30). The van der Waals surface area contributed by atoms with Gasteiger partial charge in [0.1, 0.15) is 11.2 Å². The molecule has 1 aliphatic rings. The third-order valence-electron chi connectivity index (χ3n) is 5.27. The van der Waals surface area contributed by atoms with E-state index in [0.717, 1.165) is 23.8 Å². The first-order chi connectivity index (χ1) is 15.6. The molecule has 8 heteroatoms. The SMILES string of the molecule is CC(C)(C)OC(=O)NC(C(=O)Oc1cc2oc(=O)c3c(c2cc1Cl)CCC3)c1ccccc1. The highest BCUT2D eigenvalue weighted by Crippen LogP contribution is 2.35. The minimum atomic E-state index is -1.14. The second-order valence-corrected chi connectivity index (χ2v) is 9.30. The number of halogens is 1. The van der Waals surface area contributed by atoms with Crippen molar-refractivity contribution >= 4 is 34.6 Å². The van der Waals surface area contributed by atoms with E-state index in [9.17, 15) is 14.4 Å². The largest absolute Gasteiger partial charge is 0.444 e. The molecule has 0 saturated carbocycles. The Labute approximate surface area is 195 Å². The first-order valence-electron chi connectivity index (χ1n) is 10.7.